The molecule has 4 saturated carbocycles. The fourth-order valence-corrected chi connectivity index (χ4v) is 6.63. The summed E-state index contributed by atoms with van der Waals surface area (Å²) in [6, 6.07) is 0. The highest BCUT2D eigenvalue weighted by molar-refractivity contribution is 5.12. The number of aliphatic hydroxyl groups is 1. The molecule has 4 rings (SSSR count). The average molecular weight is 262 g/mol. The lowest BCUT2D eigenvalue weighted by Gasteiger charge is -2.47. The zero-order valence-electron chi connectivity index (χ0n) is 12.6. The first-order chi connectivity index (χ1) is 9.09. The Labute approximate surface area is 118 Å². The van der Waals surface area contributed by atoms with Crippen molar-refractivity contribution in [2.24, 2.45) is 41.4 Å². The van der Waals surface area contributed by atoms with Crippen molar-refractivity contribution >= 4 is 0 Å². The Hall–Kier alpha value is -0.0400. The molecular formula is C18H30O. The summed E-state index contributed by atoms with van der Waals surface area (Å²) in [5.41, 5.74) is -0.259. The molecule has 0 saturated heterocycles. The molecule has 0 aromatic rings. The van der Waals surface area contributed by atoms with E-state index in [0.717, 1.165) is 36.0 Å². The molecule has 0 aromatic heterocycles. The highest BCUT2D eigenvalue weighted by Crippen LogP contribution is 2.65. The summed E-state index contributed by atoms with van der Waals surface area (Å²) in [7, 11) is 0. The van der Waals surface area contributed by atoms with Gasteiger partial charge in [0.05, 0.1) is 5.60 Å². The van der Waals surface area contributed by atoms with Gasteiger partial charge in [0, 0.05) is 0 Å². The highest BCUT2D eigenvalue weighted by atomic mass is 16.3. The monoisotopic (exact) mass is 262 g/mol. The second kappa shape index (κ2) is 4.23. The predicted molar refractivity (Wildman–Crippen MR) is 77.7 cm³/mol. The lowest BCUT2D eigenvalue weighted by molar-refractivity contribution is -0.109. The van der Waals surface area contributed by atoms with Gasteiger partial charge in [0.2, 0.25) is 0 Å². The molecule has 1 heteroatoms. The zero-order chi connectivity index (χ0) is 13.2. The van der Waals surface area contributed by atoms with E-state index in [0.29, 0.717) is 11.8 Å². The van der Waals surface area contributed by atoms with Gasteiger partial charge in [-0.3, -0.25) is 0 Å². The van der Waals surface area contributed by atoms with E-state index in [1.165, 1.54) is 44.9 Å². The van der Waals surface area contributed by atoms with Crippen molar-refractivity contribution in [1.29, 1.82) is 0 Å². The van der Waals surface area contributed by atoms with Crippen LogP contribution in [0.15, 0.2) is 0 Å². The van der Waals surface area contributed by atoms with Crippen LogP contribution in [0, 0.1) is 41.4 Å². The van der Waals surface area contributed by atoms with Gasteiger partial charge in [-0.2, -0.15) is 0 Å². The third-order valence-corrected chi connectivity index (χ3v) is 7.84. The van der Waals surface area contributed by atoms with Gasteiger partial charge < -0.3 is 5.11 Å². The smallest absolute Gasteiger partial charge is 0.0709 e. The number of hydrogen-bond donors (Lipinski definition) is 1. The Bertz CT molecular complexity index is 365. The molecule has 8 atom stereocenters. The van der Waals surface area contributed by atoms with E-state index in [1.807, 2.05) is 0 Å². The summed E-state index contributed by atoms with van der Waals surface area (Å²) in [4.78, 5) is 0. The van der Waals surface area contributed by atoms with Crippen LogP contribution in [-0.2, 0) is 0 Å². The van der Waals surface area contributed by atoms with E-state index in [-0.39, 0.29) is 5.60 Å². The van der Waals surface area contributed by atoms with Crippen LogP contribution in [0.3, 0.4) is 0 Å². The molecule has 0 aliphatic heterocycles. The molecule has 0 spiro atoms. The van der Waals surface area contributed by atoms with Gasteiger partial charge in [-0.15, -0.1) is 0 Å². The SMILES string of the molecule is CC1CCC(C2(O)CC3CC2C2CCCC32)CC1C. The van der Waals surface area contributed by atoms with Gasteiger partial charge in [-0.05, 0) is 80.0 Å². The van der Waals surface area contributed by atoms with Gasteiger partial charge in [0.15, 0.2) is 0 Å². The van der Waals surface area contributed by atoms with Crippen LogP contribution < -0.4 is 0 Å². The second-order valence-electron chi connectivity index (χ2n) is 8.52. The Morgan fingerprint density at radius 2 is 1.68 bits per heavy atom. The first-order valence-corrected chi connectivity index (χ1v) is 8.82. The Kier molecular flexibility index (Phi) is 2.82. The maximum atomic E-state index is 11.5. The second-order valence-corrected chi connectivity index (χ2v) is 8.52. The van der Waals surface area contributed by atoms with E-state index in [2.05, 4.69) is 13.8 Å². The van der Waals surface area contributed by atoms with E-state index in [9.17, 15) is 5.11 Å². The molecule has 108 valence electrons. The average Bonchev–Trinajstić information content (AvgIpc) is 3.03. The van der Waals surface area contributed by atoms with Gasteiger partial charge in [-0.1, -0.05) is 26.7 Å². The Morgan fingerprint density at radius 1 is 0.895 bits per heavy atom. The molecule has 0 heterocycles. The van der Waals surface area contributed by atoms with Gasteiger partial charge in [-0.25, -0.2) is 0 Å². The molecular weight excluding hydrogens is 232 g/mol. The van der Waals surface area contributed by atoms with Crippen molar-refractivity contribution in [1.82, 2.24) is 0 Å². The molecule has 19 heavy (non-hydrogen) atoms. The minimum absolute atomic E-state index is 0.259. The largest absolute Gasteiger partial charge is 0.389 e. The first kappa shape index (κ1) is 12.7. The Morgan fingerprint density at radius 3 is 2.47 bits per heavy atom. The van der Waals surface area contributed by atoms with E-state index >= 15 is 0 Å². The molecule has 4 aliphatic carbocycles. The molecule has 4 aliphatic rings. The lowest BCUT2D eigenvalue weighted by atomic mass is 9.61. The van der Waals surface area contributed by atoms with Crippen LogP contribution in [0.5, 0.6) is 0 Å². The summed E-state index contributed by atoms with van der Waals surface area (Å²) in [6.45, 7) is 4.81. The summed E-state index contributed by atoms with van der Waals surface area (Å²) in [5.74, 6) is 5.78. The molecule has 2 bridgehead atoms. The van der Waals surface area contributed by atoms with Crippen LogP contribution in [0.1, 0.15) is 65.2 Å². The van der Waals surface area contributed by atoms with Crippen LogP contribution in [0.2, 0.25) is 0 Å². The van der Waals surface area contributed by atoms with E-state index in [4.69, 9.17) is 0 Å². The van der Waals surface area contributed by atoms with Crippen LogP contribution in [0.25, 0.3) is 0 Å². The quantitative estimate of drug-likeness (QED) is 0.749. The van der Waals surface area contributed by atoms with Crippen molar-refractivity contribution in [2.45, 2.75) is 70.8 Å². The number of fused-ring (bicyclic) bond motifs is 5. The fraction of sp³-hybridized carbons (Fsp3) is 1.00. The van der Waals surface area contributed by atoms with Crippen molar-refractivity contribution in [2.75, 3.05) is 0 Å². The van der Waals surface area contributed by atoms with Crippen LogP contribution in [0.4, 0.5) is 0 Å². The molecule has 4 fully saturated rings. The minimum Gasteiger partial charge on any atom is -0.389 e. The number of rotatable bonds is 1. The summed E-state index contributed by atoms with van der Waals surface area (Å²) < 4.78 is 0. The zero-order valence-corrected chi connectivity index (χ0v) is 12.6. The van der Waals surface area contributed by atoms with Crippen LogP contribution >= 0.6 is 0 Å². The predicted octanol–water partition coefficient (Wildman–Crippen LogP) is 4.25. The molecule has 0 radical (unpaired) electrons. The van der Waals surface area contributed by atoms with Gasteiger partial charge in [0.25, 0.3) is 0 Å². The standard InChI is InChI=1S/C18H30O/c1-11-6-7-14(8-12(11)2)18(19)10-13-9-17(18)16-5-3-4-15(13)16/h11-17,19H,3-10H2,1-2H3. The molecule has 1 N–H and O–H groups in total. The highest BCUT2D eigenvalue weighted by Gasteiger charge is 2.62. The maximum absolute atomic E-state index is 11.5. The fourth-order valence-electron chi connectivity index (χ4n) is 6.63. The van der Waals surface area contributed by atoms with Gasteiger partial charge in [0.1, 0.15) is 0 Å². The lowest BCUT2D eigenvalue weighted by Crippen LogP contribution is -2.49. The van der Waals surface area contributed by atoms with Gasteiger partial charge >= 0.3 is 0 Å². The topological polar surface area (TPSA) is 20.2 Å². The third kappa shape index (κ3) is 1.69. The van der Waals surface area contributed by atoms with E-state index < -0.39 is 0 Å². The van der Waals surface area contributed by atoms with Crippen molar-refractivity contribution in [3.8, 4) is 0 Å². The minimum atomic E-state index is -0.259. The molecule has 0 amide bonds. The first-order valence-electron chi connectivity index (χ1n) is 8.82. The van der Waals surface area contributed by atoms with E-state index in [1.54, 1.807) is 0 Å². The molecule has 8 unspecified atom stereocenters. The summed E-state index contributed by atoms with van der Waals surface area (Å²) in [5, 5.41) is 11.5. The van der Waals surface area contributed by atoms with Crippen molar-refractivity contribution in [3.05, 3.63) is 0 Å². The summed E-state index contributed by atoms with van der Waals surface area (Å²) in [6.07, 6.45) is 10.8. The third-order valence-electron chi connectivity index (χ3n) is 7.84. The van der Waals surface area contributed by atoms with Crippen molar-refractivity contribution in [3.63, 3.8) is 0 Å². The normalized spacial score (nSPS) is 60.5. The summed E-state index contributed by atoms with van der Waals surface area (Å²) >= 11 is 0. The van der Waals surface area contributed by atoms with Crippen molar-refractivity contribution < 1.29 is 5.11 Å². The Balaban J connectivity index is 1.55. The molecule has 1 nitrogen and oxygen atoms in total. The van der Waals surface area contributed by atoms with Crippen LogP contribution in [-0.4, -0.2) is 10.7 Å². The maximum Gasteiger partial charge on any atom is 0.0709 e. The molecule has 0 aromatic carbocycles. The number of hydrogen-bond acceptors (Lipinski definition) is 1.